The molecule has 0 bridgehead atoms. The lowest BCUT2D eigenvalue weighted by Crippen LogP contribution is -2.22. The van der Waals surface area contributed by atoms with Crippen molar-refractivity contribution in [3.8, 4) is 10.9 Å². The number of hydrogen-bond donors (Lipinski definition) is 0. The molecule has 1 aliphatic rings. The number of thiazole rings is 1. The van der Waals surface area contributed by atoms with Crippen molar-refractivity contribution in [2.45, 2.75) is 6.42 Å². The summed E-state index contributed by atoms with van der Waals surface area (Å²) in [4.78, 5) is 21.1. The predicted octanol–water partition coefficient (Wildman–Crippen LogP) is 1.78. The Balaban J connectivity index is 2.22. The minimum atomic E-state index is -0.0753. The molecule has 4 rings (SSSR count). The molecule has 4 heterocycles. The molecule has 0 saturated heterocycles. The first-order chi connectivity index (χ1) is 9.36. The molecule has 0 saturated carbocycles. The molecule has 0 radical (unpaired) electrons. The SMILES string of the molecule is O=c1c2c(c3cccnc3n1-c1nccs1)OCC2. The van der Waals surface area contributed by atoms with Gasteiger partial charge in [0.1, 0.15) is 5.75 Å². The van der Waals surface area contributed by atoms with Crippen molar-refractivity contribution in [3.63, 3.8) is 0 Å². The smallest absolute Gasteiger partial charge is 0.265 e. The average molecular weight is 271 g/mol. The second-order valence-electron chi connectivity index (χ2n) is 4.24. The summed E-state index contributed by atoms with van der Waals surface area (Å²) in [5, 5.41) is 3.36. The molecule has 0 N–H and O–H groups in total. The normalized spacial score (nSPS) is 13.5. The first kappa shape index (κ1) is 10.7. The van der Waals surface area contributed by atoms with Crippen molar-refractivity contribution in [1.82, 2.24) is 14.5 Å². The van der Waals surface area contributed by atoms with Gasteiger partial charge in [-0.1, -0.05) is 0 Å². The fourth-order valence-electron chi connectivity index (χ4n) is 2.39. The van der Waals surface area contributed by atoms with Gasteiger partial charge in [0.25, 0.3) is 5.56 Å². The summed E-state index contributed by atoms with van der Waals surface area (Å²) >= 11 is 1.42. The van der Waals surface area contributed by atoms with E-state index in [4.69, 9.17) is 4.74 Å². The standard InChI is InChI=1S/C13H9N3O2S/c17-12-9-3-6-18-10(9)8-2-1-4-14-11(8)16(12)13-15-5-7-19-13/h1-2,4-5,7H,3,6H2. The topological polar surface area (TPSA) is 57.0 Å². The van der Waals surface area contributed by atoms with E-state index in [1.807, 2.05) is 17.5 Å². The Kier molecular flexibility index (Phi) is 2.19. The monoisotopic (exact) mass is 271 g/mol. The number of nitrogens with zero attached hydrogens (tertiary/aromatic N) is 3. The van der Waals surface area contributed by atoms with E-state index in [1.165, 1.54) is 11.3 Å². The molecule has 6 heteroatoms. The van der Waals surface area contributed by atoms with E-state index in [2.05, 4.69) is 9.97 Å². The second kappa shape index (κ2) is 3.89. The van der Waals surface area contributed by atoms with Gasteiger partial charge in [0.05, 0.1) is 17.6 Å². The van der Waals surface area contributed by atoms with Gasteiger partial charge < -0.3 is 4.74 Å². The third kappa shape index (κ3) is 1.43. The van der Waals surface area contributed by atoms with E-state index >= 15 is 0 Å². The van der Waals surface area contributed by atoms with E-state index in [-0.39, 0.29) is 5.56 Å². The summed E-state index contributed by atoms with van der Waals surface area (Å²) in [5.41, 5.74) is 1.24. The summed E-state index contributed by atoms with van der Waals surface area (Å²) < 4.78 is 7.17. The van der Waals surface area contributed by atoms with Gasteiger partial charge in [-0.25, -0.2) is 14.5 Å². The maximum Gasteiger partial charge on any atom is 0.265 e. The van der Waals surface area contributed by atoms with Crippen LogP contribution in [0.5, 0.6) is 5.75 Å². The van der Waals surface area contributed by atoms with Crippen molar-refractivity contribution in [2.75, 3.05) is 6.61 Å². The van der Waals surface area contributed by atoms with Gasteiger partial charge in [0.15, 0.2) is 10.8 Å². The molecular weight excluding hydrogens is 262 g/mol. The Morgan fingerprint density at radius 1 is 1.32 bits per heavy atom. The van der Waals surface area contributed by atoms with Gasteiger partial charge in [-0.05, 0) is 12.1 Å². The number of pyridine rings is 2. The fraction of sp³-hybridized carbons (Fsp3) is 0.154. The Morgan fingerprint density at radius 2 is 2.26 bits per heavy atom. The van der Waals surface area contributed by atoms with Crippen LogP contribution >= 0.6 is 11.3 Å². The highest BCUT2D eigenvalue weighted by atomic mass is 32.1. The molecule has 3 aromatic heterocycles. The van der Waals surface area contributed by atoms with Crippen molar-refractivity contribution in [3.05, 3.63) is 45.8 Å². The van der Waals surface area contributed by atoms with Crippen molar-refractivity contribution < 1.29 is 4.74 Å². The fourth-order valence-corrected chi connectivity index (χ4v) is 3.03. The molecule has 0 unspecified atom stereocenters. The van der Waals surface area contributed by atoms with Crippen molar-refractivity contribution >= 4 is 22.4 Å². The van der Waals surface area contributed by atoms with E-state index in [1.54, 1.807) is 17.0 Å². The van der Waals surface area contributed by atoms with Crippen molar-refractivity contribution in [1.29, 1.82) is 0 Å². The molecule has 0 spiro atoms. The molecule has 5 nitrogen and oxygen atoms in total. The van der Waals surface area contributed by atoms with Crippen LogP contribution in [0.4, 0.5) is 0 Å². The van der Waals surface area contributed by atoms with Crippen LogP contribution in [0.15, 0.2) is 34.7 Å². The van der Waals surface area contributed by atoms with Crippen LogP contribution in [-0.2, 0) is 6.42 Å². The van der Waals surface area contributed by atoms with Crippen LogP contribution in [0.1, 0.15) is 5.56 Å². The van der Waals surface area contributed by atoms with E-state index in [0.29, 0.717) is 29.6 Å². The van der Waals surface area contributed by atoms with Crippen LogP contribution in [0, 0.1) is 0 Å². The van der Waals surface area contributed by atoms with Crippen LogP contribution in [-0.4, -0.2) is 21.1 Å². The Labute approximate surface area is 112 Å². The molecule has 19 heavy (non-hydrogen) atoms. The van der Waals surface area contributed by atoms with Gasteiger partial charge in [-0.3, -0.25) is 4.79 Å². The molecular formula is C13H9N3O2S. The van der Waals surface area contributed by atoms with Gasteiger partial charge in [0, 0.05) is 24.2 Å². The lowest BCUT2D eigenvalue weighted by Gasteiger charge is -2.09. The first-order valence-corrected chi connectivity index (χ1v) is 6.79. The van der Waals surface area contributed by atoms with Crippen LogP contribution in [0.25, 0.3) is 16.2 Å². The molecule has 0 atom stereocenters. The van der Waals surface area contributed by atoms with E-state index in [9.17, 15) is 4.79 Å². The van der Waals surface area contributed by atoms with E-state index < -0.39 is 0 Å². The number of fused-ring (bicyclic) bond motifs is 3. The van der Waals surface area contributed by atoms with Gasteiger partial charge in [-0.15, -0.1) is 11.3 Å². The Bertz CT molecular complexity index is 824. The third-order valence-corrected chi connectivity index (χ3v) is 3.94. The maximum absolute atomic E-state index is 12.6. The zero-order valence-corrected chi connectivity index (χ0v) is 10.7. The summed E-state index contributed by atoms with van der Waals surface area (Å²) in [5.74, 6) is 0.681. The Morgan fingerprint density at radius 3 is 3.11 bits per heavy atom. The van der Waals surface area contributed by atoms with Gasteiger partial charge in [-0.2, -0.15) is 0 Å². The maximum atomic E-state index is 12.6. The molecule has 0 aliphatic carbocycles. The highest BCUT2D eigenvalue weighted by Gasteiger charge is 2.24. The summed E-state index contributed by atoms with van der Waals surface area (Å²) in [6.45, 7) is 0.552. The summed E-state index contributed by atoms with van der Waals surface area (Å²) in [6, 6.07) is 3.77. The molecule has 0 amide bonds. The zero-order chi connectivity index (χ0) is 12.8. The molecule has 1 aliphatic heterocycles. The molecule has 94 valence electrons. The highest BCUT2D eigenvalue weighted by molar-refractivity contribution is 7.12. The number of hydrogen-bond acceptors (Lipinski definition) is 5. The van der Waals surface area contributed by atoms with Gasteiger partial charge >= 0.3 is 0 Å². The van der Waals surface area contributed by atoms with Crippen molar-refractivity contribution in [2.24, 2.45) is 0 Å². The molecule has 0 fully saturated rings. The number of ether oxygens (including phenoxy) is 1. The quantitative estimate of drug-likeness (QED) is 0.677. The minimum Gasteiger partial charge on any atom is -0.492 e. The number of aromatic nitrogens is 3. The first-order valence-electron chi connectivity index (χ1n) is 5.91. The minimum absolute atomic E-state index is 0.0753. The zero-order valence-electron chi connectivity index (χ0n) is 9.87. The lowest BCUT2D eigenvalue weighted by atomic mass is 10.1. The largest absolute Gasteiger partial charge is 0.492 e. The van der Waals surface area contributed by atoms with Gasteiger partial charge in [0.2, 0.25) is 0 Å². The average Bonchev–Trinajstić information content (AvgIpc) is 3.10. The second-order valence-corrected chi connectivity index (χ2v) is 5.11. The molecule has 0 aromatic carbocycles. The lowest BCUT2D eigenvalue weighted by molar-refractivity contribution is 0.360. The number of rotatable bonds is 1. The molecule has 3 aromatic rings. The van der Waals surface area contributed by atoms with Crippen LogP contribution in [0.3, 0.4) is 0 Å². The summed E-state index contributed by atoms with van der Waals surface area (Å²) in [7, 11) is 0. The van der Waals surface area contributed by atoms with E-state index in [0.717, 1.165) is 10.9 Å². The highest BCUT2D eigenvalue weighted by Crippen LogP contribution is 2.31. The van der Waals surface area contributed by atoms with Crippen LogP contribution in [0.2, 0.25) is 0 Å². The Hall–Kier alpha value is -2.21. The summed E-state index contributed by atoms with van der Waals surface area (Å²) in [6.07, 6.45) is 4.00. The third-order valence-electron chi connectivity index (χ3n) is 3.19. The predicted molar refractivity (Wildman–Crippen MR) is 72.2 cm³/mol. The van der Waals surface area contributed by atoms with Crippen LogP contribution < -0.4 is 10.3 Å².